The van der Waals surface area contributed by atoms with Crippen molar-refractivity contribution in [3.05, 3.63) is 29.8 Å². The molecule has 0 spiro atoms. The monoisotopic (exact) mass is 263 g/mol. The number of rotatable bonds is 7. The van der Waals surface area contributed by atoms with Gasteiger partial charge in [0, 0.05) is 18.3 Å². The number of nitrogens with two attached hydrogens (primary N) is 1. The van der Waals surface area contributed by atoms with Crippen molar-refractivity contribution in [3.8, 4) is 0 Å². The van der Waals surface area contributed by atoms with Crippen molar-refractivity contribution in [2.24, 2.45) is 0 Å². The SMILES string of the molecule is CC(C)N(C)CCCNC(=O)Cc1cccc(N)c1. The molecule has 0 saturated heterocycles. The Bertz CT molecular complexity index is 404. The summed E-state index contributed by atoms with van der Waals surface area (Å²) in [6, 6.07) is 8.00. The minimum atomic E-state index is 0.0535. The van der Waals surface area contributed by atoms with Crippen LogP contribution < -0.4 is 11.1 Å². The average molecular weight is 263 g/mol. The smallest absolute Gasteiger partial charge is 0.224 e. The van der Waals surface area contributed by atoms with E-state index in [9.17, 15) is 4.79 Å². The number of nitrogen functional groups attached to an aromatic ring is 1. The predicted octanol–water partition coefficient (Wildman–Crippen LogP) is 1.66. The van der Waals surface area contributed by atoms with Gasteiger partial charge in [-0.25, -0.2) is 0 Å². The Hall–Kier alpha value is -1.55. The number of carbonyl (C=O) groups is 1. The molecule has 1 aromatic carbocycles. The Morgan fingerprint density at radius 2 is 2.16 bits per heavy atom. The van der Waals surface area contributed by atoms with E-state index >= 15 is 0 Å². The zero-order chi connectivity index (χ0) is 14.3. The summed E-state index contributed by atoms with van der Waals surface area (Å²) in [6.07, 6.45) is 1.36. The second kappa shape index (κ2) is 7.79. The molecule has 1 aromatic rings. The number of benzene rings is 1. The van der Waals surface area contributed by atoms with E-state index in [0.29, 0.717) is 18.2 Å². The lowest BCUT2D eigenvalue weighted by molar-refractivity contribution is -0.120. The zero-order valence-corrected chi connectivity index (χ0v) is 12.1. The van der Waals surface area contributed by atoms with Crippen LogP contribution in [0.25, 0.3) is 0 Å². The van der Waals surface area contributed by atoms with Crippen LogP contribution >= 0.6 is 0 Å². The van der Waals surface area contributed by atoms with Crippen molar-refractivity contribution >= 4 is 11.6 Å². The molecule has 0 aliphatic carbocycles. The molecule has 0 aliphatic rings. The van der Waals surface area contributed by atoms with Crippen molar-refractivity contribution < 1.29 is 4.79 Å². The third kappa shape index (κ3) is 6.25. The molecule has 3 N–H and O–H groups in total. The van der Waals surface area contributed by atoms with E-state index in [1.54, 1.807) is 0 Å². The number of carbonyl (C=O) groups excluding carboxylic acids is 1. The van der Waals surface area contributed by atoms with E-state index in [2.05, 4.69) is 31.1 Å². The molecule has 0 bridgehead atoms. The molecular weight excluding hydrogens is 238 g/mol. The Morgan fingerprint density at radius 3 is 2.79 bits per heavy atom. The van der Waals surface area contributed by atoms with Gasteiger partial charge in [0.15, 0.2) is 0 Å². The van der Waals surface area contributed by atoms with Gasteiger partial charge in [0.25, 0.3) is 0 Å². The first-order valence-electron chi connectivity index (χ1n) is 6.80. The van der Waals surface area contributed by atoms with E-state index < -0.39 is 0 Å². The fraction of sp³-hybridized carbons (Fsp3) is 0.533. The van der Waals surface area contributed by atoms with Crippen LogP contribution in [0, 0.1) is 0 Å². The summed E-state index contributed by atoms with van der Waals surface area (Å²) in [4.78, 5) is 14.0. The van der Waals surface area contributed by atoms with E-state index in [-0.39, 0.29) is 5.91 Å². The van der Waals surface area contributed by atoms with Crippen LogP contribution in [0.2, 0.25) is 0 Å². The molecule has 1 amide bonds. The Kier molecular flexibility index (Phi) is 6.36. The summed E-state index contributed by atoms with van der Waals surface area (Å²) in [5.74, 6) is 0.0535. The molecule has 0 radical (unpaired) electrons. The van der Waals surface area contributed by atoms with Gasteiger partial charge in [-0.2, -0.15) is 0 Å². The fourth-order valence-corrected chi connectivity index (χ4v) is 1.77. The molecule has 4 nitrogen and oxygen atoms in total. The van der Waals surface area contributed by atoms with Crippen LogP contribution in [-0.2, 0) is 11.2 Å². The van der Waals surface area contributed by atoms with E-state index in [4.69, 9.17) is 5.73 Å². The summed E-state index contributed by atoms with van der Waals surface area (Å²) < 4.78 is 0. The summed E-state index contributed by atoms with van der Waals surface area (Å²) >= 11 is 0. The maximum absolute atomic E-state index is 11.7. The number of anilines is 1. The van der Waals surface area contributed by atoms with E-state index in [0.717, 1.165) is 25.1 Å². The first-order valence-corrected chi connectivity index (χ1v) is 6.80. The molecule has 1 rings (SSSR count). The van der Waals surface area contributed by atoms with Gasteiger partial charge in [0.2, 0.25) is 5.91 Å². The molecule has 0 fully saturated rings. The number of hydrogen-bond donors (Lipinski definition) is 2. The molecule has 0 aliphatic heterocycles. The highest BCUT2D eigenvalue weighted by Crippen LogP contribution is 2.06. The minimum Gasteiger partial charge on any atom is -0.399 e. The van der Waals surface area contributed by atoms with E-state index in [1.807, 2.05) is 24.3 Å². The van der Waals surface area contributed by atoms with Gasteiger partial charge >= 0.3 is 0 Å². The molecule has 0 atom stereocenters. The van der Waals surface area contributed by atoms with Gasteiger partial charge in [-0.05, 0) is 51.6 Å². The van der Waals surface area contributed by atoms with Crippen molar-refractivity contribution in [3.63, 3.8) is 0 Å². The maximum Gasteiger partial charge on any atom is 0.224 e. The third-order valence-corrected chi connectivity index (χ3v) is 3.21. The molecule has 0 aromatic heterocycles. The van der Waals surface area contributed by atoms with Crippen molar-refractivity contribution in [1.29, 1.82) is 0 Å². The quantitative estimate of drug-likeness (QED) is 0.581. The average Bonchev–Trinajstić information content (AvgIpc) is 2.34. The number of nitrogens with zero attached hydrogens (tertiary/aromatic N) is 1. The molecule has 0 unspecified atom stereocenters. The summed E-state index contributed by atoms with van der Waals surface area (Å²) in [5, 5.41) is 2.94. The van der Waals surface area contributed by atoms with Gasteiger partial charge in [0.05, 0.1) is 6.42 Å². The molecule has 0 saturated carbocycles. The van der Waals surface area contributed by atoms with Gasteiger partial charge in [-0.15, -0.1) is 0 Å². The van der Waals surface area contributed by atoms with Gasteiger partial charge < -0.3 is 16.0 Å². The van der Waals surface area contributed by atoms with Crippen LogP contribution in [0.5, 0.6) is 0 Å². The van der Waals surface area contributed by atoms with Crippen LogP contribution in [0.1, 0.15) is 25.8 Å². The van der Waals surface area contributed by atoms with Crippen LogP contribution in [-0.4, -0.2) is 37.0 Å². The maximum atomic E-state index is 11.7. The first-order chi connectivity index (χ1) is 8.99. The summed E-state index contributed by atoms with van der Waals surface area (Å²) in [6.45, 7) is 6.05. The van der Waals surface area contributed by atoms with Crippen LogP contribution in [0.4, 0.5) is 5.69 Å². The van der Waals surface area contributed by atoms with Gasteiger partial charge in [-0.1, -0.05) is 12.1 Å². The number of nitrogens with one attached hydrogen (secondary N) is 1. The highest BCUT2D eigenvalue weighted by molar-refractivity contribution is 5.78. The Morgan fingerprint density at radius 1 is 1.42 bits per heavy atom. The van der Waals surface area contributed by atoms with Crippen LogP contribution in [0.15, 0.2) is 24.3 Å². The van der Waals surface area contributed by atoms with Gasteiger partial charge in [-0.3, -0.25) is 4.79 Å². The fourth-order valence-electron chi connectivity index (χ4n) is 1.77. The van der Waals surface area contributed by atoms with Gasteiger partial charge in [0.1, 0.15) is 0 Å². The molecule has 4 heteroatoms. The second-order valence-electron chi connectivity index (χ2n) is 5.20. The summed E-state index contributed by atoms with van der Waals surface area (Å²) in [5.41, 5.74) is 7.33. The van der Waals surface area contributed by atoms with Crippen molar-refractivity contribution in [2.75, 3.05) is 25.9 Å². The first kappa shape index (κ1) is 15.5. The highest BCUT2D eigenvalue weighted by atomic mass is 16.1. The molecule has 19 heavy (non-hydrogen) atoms. The highest BCUT2D eigenvalue weighted by Gasteiger charge is 2.05. The van der Waals surface area contributed by atoms with Crippen molar-refractivity contribution in [1.82, 2.24) is 10.2 Å². The van der Waals surface area contributed by atoms with E-state index in [1.165, 1.54) is 0 Å². The lowest BCUT2D eigenvalue weighted by atomic mass is 10.1. The Labute approximate surface area is 116 Å². The molecule has 106 valence electrons. The third-order valence-electron chi connectivity index (χ3n) is 3.21. The van der Waals surface area contributed by atoms with Crippen LogP contribution in [0.3, 0.4) is 0 Å². The summed E-state index contributed by atoms with van der Waals surface area (Å²) in [7, 11) is 2.10. The topological polar surface area (TPSA) is 58.4 Å². The lowest BCUT2D eigenvalue weighted by Crippen LogP contribution is -2.31. The lowest BCUT2D eigenvalue weighted by Gasteiger charge is -2.20. The van der Waals surface area contributed by atoms with Crippen molar-refractivity contribution in [2.45, 2.75) is 32.7 Å². The molecule has 0 heterocycles. The standard InChI is InChI=1S/C15H25N3O/c1-12(2)18(3)9-5-8-17-15(19)11-13-6-4-7-14(16)10-13/h4,6-7,10,12H,5,8-9,11,16H2,1-3H3,(H,17,19). The molecular formula is C15H25N3O. The Balaban J connectivity index is 2.22. The minimum absolute atomic E-state index is 0.0535. The predicted molar refractivity (Wildman–Crippen MR) is 80.0 cm³/mol. The number of amides is 1. The normalized spacial score (nSPS) is 11.0. The number of hydrogen-bond acceptors (Lipinski definition) is 3. The zero-order valence-electron chi connectivity index (χ0n) is 12.1. The largest absolute Gasteiger partial charge is 0.399 e. The second-order valence-corrected chi connectivity index (χ2v) is 5.20.